The van der Waals surface area contributed by atoms with Crippen LogP contribution in [0.25, 0.3) is 10.9 Å². The van der Waals surface area contributed by atoms with Crippen LogP contribution >= 0.6 is 0 Å². The predicted octanol–water partition coefficient (Wildman–Crippen LogP) is 2.23. The van der Waals surface area contributed by atoms with Gasteiger partial charge in [0.15, 0.2) is 0 Å². The van der Waals surface area contributed by atoms with Crippen molar-refractivity contribution in [2.75, 3.05) is 12.3 Å². The molecule has 0 saturated heterocycles. The number of anilines is 1. The zero-order valence-electron chi connectivity index (χ0n) is 8.43. The molecule has 0 fully saturated rings. The molecule has 78 valence electrons. The van der Waals surface area contributed by atoms with Gasteiger partial charge in [-0.2, -0.15) is 0 Å². The van der Waals surface area contributed by atoms with Crippen LogP contribution in [0.1, 0.15) is 6.92 Å². The van der Waals surface area contributed by atoms with Gasteiger partial charge in [-0.05, 0) is 19.1 Å². The van der Waals surface area contributed by atoms with E-state index in [1.54, 1.807) is 13.0 Å². The van der Waals surface area contributed by atoms with Crippen LogP contribution in [0.4, 0.5) is 10.6 Å². The van der Waals surface area contributed by atoms with Gasteiger partial charge in [0.1, 0.15) is 5.82 Å². The van der Waals surface area contributed by atoms with Crippen molar-refractivity contribution in [3.63, 3.8) is 0 Å². The molecule has 0 radical (unpaired) electrons. The predicted molar refractivity (Wildman–Crippen MR) is 58.8 cm³/mol. The molecule has 2 N–H and O–H groups in total. The lowest BCUT2D eigenvalue weighted by molar-refractivity contribution is 0.155. The number of carbonyl (C=O) groups excluding carboxylic acids is 1. The molecule has 0 bridgehead atoms. The average molecular weight is 204 g/mol. The molecule has 0 spiro atoms. The molecule has 0 saturated carbocycles. The number of ether oxygens (including phenoxy) is 1. The normalized spacial score (nSPS) is 10.5. The molecule has 0 unspecified atom stereocenters. The molecular weight excluding hydrogens is 192 g/mol. The first-order valence-electron chi connectivity index (χ1n) is 4.77. The Balaban J connectivity index is 2.58. The third-order valence-electron chi connectivity index (χ3n) is 2.19. The SMILES string of the molecule is CCOC(=O)n1c(N)cc2ccccc21. The maximum atomic E-state index is 11.6. The highest BCUT2D eigenvalue weighted by molar-refractivity contribution is 5.94. The van der Waals surface area contributed by atoms with E-state index in [1.807, 2.05) is 24.3 Å². The van der Waals surface area contributed by atoms with Gasteiger partial charge < -0.3 is 10.5 Å². The fraction of sp³-hybridized carbons (Fsp3) is 0.182. The monoisotopic (exact) mass is 204 g/mol. The number of fused-ring (bicyclic) bond motifs is 1. The Hall–Kier alpha value is -1.97. The minimum atomic E-state index is -0.434. The first-order chi connectivity index (χ1) is 7.24. The van der Waals surface area contributed by atoms with Gasteiger partial charge in [0, 0.05) is 5.39 Å². The molecule has 0 amide bonds. The molecule has 4 nitrogen and oxygen atoms in total. The lowest BCUT2D eigenvalue weighted by Gasteiger charge is -2.05. The molecule has 1 aromatic heterocycles. The summed E-state index contributed by atoms with van der Waals surface area (Å²) < 4.78 is 6.29. The molecule has 0 aliphatic carbocycles. The summed E-state index contributed by atoms with van der Waals surface area (Å²) in [4.78, 5) is 11.6. The smallest absolute Gasteiger partial charge is 0.420 e. The molecule has 1 heterocycles. The van der Waals surface area contributed by atoms with Gasteiger partial charge in [0.25, 0.3) is 0 Å². The van der Waals surface area contributed by atoms with Crippen LogP contribution in [0, 0.1) is 0 Å². The van der Waals surface area contributed by atoms with Gasteiger partial charge in [-0.25, -0.2) is 9.36 Å². The summed E-state index contributed by atoms with van der Waals surface area (Å²) in [5.41, 5.74) is 6.52. The second-order valence-electron chi connectivity index (χ2n) is 3.16. The van der Waals surface area contributed by atoms with Crippen LogP contribution in [0.3, 0.4) is 0 Å². The van der Waals surface area contributed by atoms with Crippen LogP contribution in [-0.2, 0) is 4.74 Å². The maximum absolute atomic E-state index is 11.6. The number of hydrogen-bond donors (Lipinski definition) is 1. The third-order valence-corrected chi connectivity index (χ3v) is 2.19. The van der Waals surface area contributed by atoms with Crippen LogP contribution in [0.2, 0.25) is 0 Å². The summed E-state index contributed by atoms with van der Waals surface area (Å²) in [6.07, 6.45) is -0.434. The quantitative estimate of drug-likeness (QED) is 0.774. The fourth-order valence-corrected chi connectivity index (χ4v) is 1.57. The van der Waals surface area contributed by atoms with Crippen LogP contribution in [0.5, 0.6) is 0 Å². The molecule has 2 rings (SSSR count). The van der Waals surface area contributed by atoms with E-state index in [1.165, 1.54) is 4.57 Å². The number of aromatic nitrogens is 1. The fourth-order valence-electron chi connectivity index (χ4n) is 1.57. The van der Waals surface area contributed by atoms with Gasteiger partial charge in [0.05, 0.1) is 12.1 Å². The minimum Gasteiger partial charge on any atom is -0.449 e. The number of nitrogens with two attached hydrogens (primary N) is 1. The van der Waals surface area contributed by atoms with E-state index >= 15 is 0 Å². The van der Waals surface area contributed by atoms with E-state index in [2.05, 4.69) is 0 Å². The van der Waals surface area contributed by atoms with Crippen molar-refractivity contribution in [3.8, 4) is 0 Å². The molecular formula is C11H12N2O2. The van der Waals surface area contributed by atoms with Gasteiger partial charge in [-0.1, -0.05) is 18.2 Å². The second kappa shape index (κ2) is 3.65. The minimum absolute atomic E-state index is 0.338. The lowest BCUT2D eigenvalue weighted by Crippen LogP contribution is -2.15. The summed E-state index contributed by atoms with van der Waals surface area (Å²) in [5, 5.41) is 0.933. The Morgan fingerprint density at radius 2 is 2.20 bits per heavy atom. The second-order valence-corrected chi connectivity index (χ2v) is 3.16. The van der Waals surface area contributed by atoms with Gasteiger partial charge in [0.2, 0.25) is 0 Å². The van der Waals surface area contributed by atoms with E-state index < -0.39 is 6.09 Å². The summed E-state index contributed by atoms with van der Waals surface area (Å²) in [6, 6.07) is 9.26. The highest BCUT2D eigenvalue weighted by atomic mass is 16.5. The van der Waals surface area contributed by atoms with Crippen molar-refractivity contribution in [1.82, 2.24) is 4.57 Å². The van der Waals surface area contributed by atoms with Crippen molar-refractivity contribution in [2.24, 2.45) is 0 Å². The van der Waals surface area contributed by atoms with Crippen LogP contribution < -0.4 is 5.73 Å². The van der Waals surface area contributed by atoms with Crippen molar-refractivity contribution in [2.45, 2.75) is 6.92 Å². The molecule has 2 aromatic rings. The summed E-state index contributed by atoms with van der Waals surface area (Å²) in [7, 11) is 0. The van der Waals surface area contributed by atoms with Crippen molar-refractivity contribution < 1.29 is 9.53 Å². The van der Waals surface area contributed by atoms with Gasteiger partial charge >= 0.3 is 6.09 Å². The first-order valence-corrected chi connectivity index (χ1v) is 4.77. The Kier molecular flexibility index (Phi) is 2.33. The summed E-state index contributed by atoms with van der Waals surface area (Å²) >= 11 is 0. The maximum Gasteiger partial charge on any atom is 0.420 e. The topological polar surface area (TPSA) is 57.2 Å². The van der Waals surface area contributed by atoms with Gasteiger partial charge in [-0.3, -0.25) is 0 Å². The Labute approximate surface area is 87.2 Å². The molecule has 1 aromatic carbocycles. The Bertz CT molecular complexity index is 502. The van der Waals surface area contributed by atoms with Crippen molar-refractivity contribution >= 4 is 22.8 Å². The number of rotatable bonds is 1. The number of benzene rings is 1. The largest absolute Gasteiger partial charge is 0.449 e. The molecule has 0 aliphatic rings. The van der Waals surface area contributed by atoms with Crippen molar-refractivity contribution in [3.05, 3.63) is 30.3 Å². The Morgan fingerprint density at radius 1 is 1.47 bits per heavy atom. The molecule has 15 heavy (non-hydrogen) atoms. The summed E-state index contributed by atoms with van der Waals surface area (Å²) in [5.74, 6) is 0.398. The highest BCUT2D eigenvalue weighted by Crippen LogP contribution is 2.21. The van der Waals surface area contributed by atoms with E-state index in [9.17, 15) is 4.79 Å². The van der Waals surface area contributed by atoms with E-state index in [-0.39, 0.29) is 0 Å². The van der Waals surface area contributed by atoms with E-state index in [4.69, 9.17) is 10.5 Å². The number of hydrogen-bond acceptors (Lipinski definition) is 3. The lowest BCUT2D eigenvalue weighted by atomic mass is 10.2. The number of carbonyl (C=O) groups is 1. The Morgan fingerprint density at radius 3 is 2.93 bits per heavy atom. The number of nitrogens with zero attached hydrogens (tertiary/aromatic N) is 1. The third kappa shape index (κ3) is 1.54. The zero-order chi connectivity index (χ0) is 10.8. The molecule has 4 heteroatoms. The van der Waals surface area contributed by atoms with E-state index in [0.717, 1.165) is 10.9 Å². The highest BCUT2D eigenvalue weighted by Gasteiger charge is 2.12. The van der Waals surface area contributed by atoms with Gasteiger partial charge in [-0.15, -0.1) is 0 Å². The number of para-hydroxylation sites is 1. The van der Waals surface area contributed by atoms with Crippen LogP contribution in [-0.4, -0.2) is 17.3 Å². The van der Waals surface area contributed by atoms with Crippen LogP contribution in [0.15, 0.2) is 30.3 Å². The van der Waals surface area contributed by atoms with E-state index in [0.29, 0.717) is 12.4 Å². The molecule has 0 atom stereocenters. The standard InChI is InChI=1S/C11H12N2O2/c1-2-15-11(14)13-9-6-4-3-5-8(9)7-10(13)12/h3-7H,2,12H2,1H3. The average Bonchev–Trinajstić information content (AvgIpc) is 2.54. The summed E-state index contributed by atoms with van der Waals surface area (Å²) in [6.45, 7) is 2.10. The first kappa shape index (κ1) is 9.58. The zero-order valence-corrected chi connectivity index (χ0v) is 8.43. The molecule has 0 aliphatic heterocycles. The number of nitrogen functional groups attached to an aromatic ring is 1. The van der Waals surface area contributed by atoms with Crippen molar-refractivity contribution in [1.29, 1.82) is 0 Å².